The first kappa shape index (κ1) is 17.7. The molecule has 0 aliphatic heterocycles. The molecule has 0 saturated heterocycles. The van der Waals surface area contributed by atoms with Crippen LogP contribution in [-0.4, -0.2) is 25.2 Å². The van der Waals surface area contributed by atoms with Crippen molar-refractivity contribution in [3.63, 3.8) is 0 Å². The number of methoxy groups -OCH3 is 2. The zero-order valence-electron chi connectivity index (χ0n) is 14.4. The number of aryl methyl sites for hydroxylation is 1. The maximum Gasteiger partial charge on any atom is 0.224 e. The van der Waals surface area contributed by atoms with E-state index in [0.717, 1.165) is 16.7 Å². The Labute approximate surface area is 142 Å². The Balaban J connectivity index is 2.11. The molecular formula is C19H23NO4. The number of aromatic hydroxyl groups is 1. The fraction of sp³-hybridized carbons (Fsp3) is 0.316. The molecule has 1 amide bonds. The van der Waals surface area contributed by atoms with Gasteiger partial charge in [-0.1, -0.05) is 12.1 Å². The maximum absolute atomic E-state index is 12.2. The molecule has 24 heavy (non-hydrogen) atoms. The van der Waals surface area contributed by atoms with Gasteiger partial charge >= 0.3 is 0 Å². The lowest BCUT2D eigenvalue weighted by Crippen LogP contribution is -2.28. The van der Waals surface area contributed by atoms with E-state index in [4.69, 9.17) is 9.47 Å². The lowest BCUT2D eigenvalue weighted by Gasteiger charge is -2.19. The number of ether oxygens (including phenoxy) is 2. The molecule has 5 nitrogen and oxygen atoms in total. The van der Waals surface area contributed by atoms with Gasteiger partial charge in [-0.15, -0.1) is 0 Å². The quantitative estimate of drug-likeness (QED) is 0.854. The van der Waals surface area contributed by atoms with E-state index in [2.05, 4.69) is 5.32 Å². The van der Waals surface area contributed by atoms with Crippen molar-refractivity contribution in [2.45, 2.75) is 26.3 Å². The molecule has 5 heteroatoms. The van der Waals surface area contributed by atoms with Gasteiger partial charge < -0.3 is 19.9 Å². The average molecular weight is 329 g/mol. The molecule has 0 radical (unpaired) electrons. The maximum atomic E-state index is 12.2. The molecule has 0 spiro atoms. The van der Waals surface area contributed by atoms with E-state index < -0.39 is 0 Å². The second-order valence-corrected chi connectivity index (χ2v) is 5.70. The van der Waals surface area contributed by atoms with Gasteiger partial charge in [0.25, 0.3) is 0 Å². The second-order valence-electron chi connectivity index (χ2n) is 5.70. The second kappa shape index (κ2) is 7.73. The number of benzene rings is 2. The Bertz CT molecular complexity index is 727. The monoisotopic (exact) mass is 329 g/mol. The van der Waals surface area contributed by atoms with Crippen LogP contribution in [-0.2, 0) is 11.2 Å². The standard InChI is InChI=1S/C19H23NO4/c1-12-8-17(23-3)18(24-4)11-16(12)13(2)20-19(22)10-14-6-5-7-15(21)9-14/h5-9,11,13,21H,10H2,1-4H3,(H,20,22)/t13-/m0/s1. The van der Waals surface area contributed by atoms with Crippen molar-refractivity contribution >= 4 is 5.91 Å². The highest BCUT2D eigenvalue weighted by Gasteiger charge is 2.16. The molecule has 2 aromatic rings. The van der Waals surface area contributed by atoms with Gasteiger partial charge in [0, 0.05) is 0 Å². The molecule has 128 valence electrons. The summed E-state index contributed by atoms with van der Waals surface area (Å²) < 4.78 is 10.6. The van der Waals surface area contributed by atoms with Crippen LogP contribution in [0.1, 0.15) is 29.7 Å². The van der Waals surface area contributed by atoms with Gasteiger partial charge in [0.05, 0.1) is 26.7 Å². The molecule has 0 saturated carbocycles. The number of amides is 1. The molecule has 0 fully saturated rings. The lowest BCUT2D eigenvalue weighted by molar-refractivity contribution is -0.121. The number of hydrogen-bond donors (Lipinski definition) is 2. The van der Waals surface area contributed by atoms with Gasteiger partial charge in [-0.05, 0) is 54.8 Å². The summed E-state index contributed by atoms with van der Waals surface area (Å²) in [5.74, 6) is 1.34. The van der Waals surface area contributed by atoms with Gasteiger partial charge in [-0.2, -0.15) is 0 Å². The van der Waals surface area contributed by atoms with Crippen LogP contribution in [0.25, 0.3) is 0 Å². The average Bonchev–Trinajstić information content (AvgIpc) is 2.54. The van der Waals surface area contributed by atoms with Crippen LogP contribution in [0.3, 0.4) is 0 Å². The van der Waals surface area contributed by atoms with E-state index in [-0.39, 0.29) is 24.1 Å². The number of rotatable bonds is 6. The van der Waals surface area contributed by atoms with E-state index in [9.17, 15) is 9.90 Å². The van der Waals surface area contributed by atoms with E-state index in [1.54, 1.807) is 32.4 Å². The number of hydrogen-bond acceptors (Lipinski definition) is 4. The van der Waals surface area contributed by atoms with Gasteiger partial charge in [0.2, 0.25) is 5.91 Å². The van der Waals surface area contributed by atoms with Crippen molar-refractivity contribution in [2.24, 2.45) is 0 Å². The molecule has 0 aliphatic rings. The van der Waals surface area contributed by atoms with Crippen molar-refractivity contribution in [1.82, 2.24) is 5.32 Å². The smallest absolute Gasteiger partial charge is 0.224 e. The summed E-state index contributed by atoms with van der Waals surface area (Å²) in [6.45, 7) is 3.89. The van der Waals surface area contributed by atoms with Crippen molar-refractivity contribution in [2.75, 3.05) is 14.2 Å². The zero-order chi connectivity index (χ0) is 17.7. The molecule has 0 aliphatic carbocycles. The third kappa shape index (κ3) is 4.19. The SMILES string of the molecule is COc1cc(C)c([C@H](C)NC(=O)Cc2cccc(O)c2)cc1OC. The molecule has 2 rings (SSSR count). The first-order valence-corrected chi connectivity index (χ1v) is 7.74. The number of phenolic OH excluding ortho intramolecular Hbond substituents is 1. The third-order valence-electron chi connectivity index (χ3n) is 3.89. The van der Waals surface area contributed by atoms with Crippen LogP contribution in [0.5, 0.6) is 17.2 Å². The summed E-state index contributed by atoms with van der Waals surface area (Å²) in [6, 6.07) is 10.3. The fourth-order valence-corrected chi connectivity index (χ4v) is 2.68. The minimum atomic E-state index is -0.172. The molecule has 0 heterocycles. The zero-order valence-corrected chi connectivity index (χ0v) is 14.4. The number of carbonyl (C=O) groups excluding carboxylic acids is 1. The molecule has 1 atom stereocenters. The number of phenols is 1. The van der Waals surface area contributed by atoms with E-state index in [0.29, 0.717) is 11.5 Å². The summed E-state index contributed by atoms with van der Waals surface area (Å²) in [7, 11) is 3.18. The molecular weight excluding hydrogens is 306 g/mol. The van der Waals surface area contributed by atoms with E-state index in [1.807, 2.05) is 32.0 Å². The summed E-state index contributed by atoms with van der Waals surface area (Å²) in [4.78, 5) is 12.2. The lowest BCUT2D eigenvalue weighted by atomic mass is 10.0. The highest BCUT2D eigenvalue weighted by Crippen LogP contribution is 2.32. The summed E-state index contributed by atoms with van der Waals surface area (Å²) >= 11 is 0. The normalized spacial score (nSPS) is 11.7. The highest BCUT2D eigenvalue weighted by molar-refractivity contribution is 5.79. The minimum Gasteiger partial charge on any atom is -0.508 e. The van der Waals surface area contributed by atoms with Crippen molar-refractivity contribution in [3.8, 4) is 17.2 Å². The predicted molar refractivity (Wildman–Crippen MR) is 92.7 cm³/mol. The first-order valence-electron chi connectivity index (χ1n) is 7.74. The molecule has 0 aromatic heterocycles. The van der Waals surface area contributed by atoms with Crippen LogP contribution in [0.4, 0.5) is 0 Å². The van der Waals surface area contributed by atoms with E-state index in [1.165, 1.54) is 0 Å². The van der Waals surface area contributed by atoms with Crippen LogP contribution in [0.15, 0.2) is 36.4 Å². The summed E-state index contributed by atoms with van der Waals surface area (Å²) in [5.41, 5.74) is 2.75. The van der Waals surface area contributed by atoms with Gasteiger partial charge in [0.1, 0.15) is 5.75 Å². The largest absolute Gasteiger partial charge is 0.508 e. The Morgan fingerprint density at radius 2 is 1.83 bits per heavy atom. The van der Waals surface area contributed by atoms with Gasteiger partial charge in [0.15, 0.2) is 11.5 Å². The van der Waals surface area contributed by atoms with Crippen molar-refractivity contribution < 1.29 is 19.4 Å². The molecule has 0 bridgehead atoms. The summed E-state index contributed by atoms with van der Waals surface area (Å²) in [6.07, 6.45) is 0.213. The highest BCUT2D eigenvalue weighted by atomic mass is 16.5. The van der Waals surface area contributed by atoms with Crippen LogP contribution >= 0.6 is 0 Å². The molecule has 2 N–H and O–H groups in total. The Kier molecular flexibility index (Phi) is 5.68. The van der Waals surface area contributed by atoms with Crippen LogP contribution < -0.4 is 14.8 Å². The van der Waals surface area contributed by atoms with E-state index >= 15 is 0 Å². The minimum absolute atomic E-state index is 0.109. The number of carbonyl (C=O) groups is 1. The van der Waals surface area contributed by atoms with Crippen LogP contribution in [0.2, 0.25) is 0 Å². The Morgan fingerprint density at radius 1 is 1.17 bits per heavy atom. The van der Waals surface area contributed by atoms with Gasteiger partial charge in [-0.3, -0.25) is 4.79 Å². The van der Waals surface area contributed by atoms with Crippen molar-refractivity contribution in [1.29, 1.82) is 0 Å². The Morgan fingerprint density at radius 3 is 2.46 bits per heavy atom. The Hall–Kier alpha value is -2.69. The predicted octanol–water partition coefficient (Wildman–Crippen LogP) is 3.14. The van der Waals surface area contributed by atoms with Gasteiger partial charge in [-0.25, -0.2) is 0 Å². The first-order chi connectivity index (χ1) is 11.4. The molecule has 2 aromatic carbocycles. The topological polar surface area (TPSA) is 67.8 Å². The van der Waals surface area contributed by atoms with Crippen molar-refractivity contribution in [3.05, 3.63) is 53.1 Å². The summed E-state index contributed by atoms with van der Waals surface area (Å²) in [5, 5.41) is 12.4. The number of nitrogens with one attached hydrogen (secondary N) is 1. The van der Waals surface area contributed by atoms with Crippen LogP contribution in [0, 0.1) is 6.92 Å². The third-order valence-corrected chi connectivity index (χ3v) is 3.89. The molecule has 0 unspecified atom stereocenters. The fourth-order valence-electron chi connectivity index (χ4n) is 2.68.